The minimum absolute atomic E-state index is 0.319. The van der Waals surface area contributed by atoms with Gasteiger partial charge in [0.1, 0.15) is 18.5 Å². The molecular weight excluding hydrogens is 326 g/mol. The van der Waals surface area contributed by atoms with Crippen LogP contribution in [0.1, 0.15) is 24.4 Å². The van der Waals surface area contributed by atoms with Crippen LogP contribution in [0.25, 0.3) is 0 Å². The molecule has 6 heteroatoms. The van der Waals surface area contributed by atoms with Crippen molar-refractivity contribution < 1.29 is 9.84 Å². The quantitative estimate of drug-likeness (QED) is 0.871. The average Bonchev–Trinajstić information content (AvgIpc) is 3.01. The molecule has 1 unspecified atom stereocenters. The zero-order chi connectivity index (χ0) is 16.9. The van der Waals surface area contributed by atoms with Gasteiger partial charge in [-0.25, -0.2) is 0 Å². The number of piperidine rings is 1. The first kappa shape index (κ1) is 17.3. The highest BCUT2D eigenvalue weighted by Gasteiger charge is 2.22. The number of aromatic nitrogens is 2. The van der Waals surface area contributed by atoms with Crippen molar-refractivity contribution in [3.05, 3.63) is 47.2 Å². The van der Waals surface area contributed by atoms with Crippen LogP contribution < -0.4 is 4.74 Å². The Balaban J connectivity index is 1.41. The number of hydrogen-bond donors (Lipinski definition) is 1. The molecule has 0 amide bonds. The molecule has 24 heavy (non-hydrogen) atoms. The van der Waals surface area contributed by atoms with Crippen LogP contribution in [-0.2, 0) is 0 Å². The summed E-state index contributed by atoms with van der Waals surface area (Å²) in [7, 11) is 0. The van der Waals surface area contributed by atoms with Crippen LogP contribution in [0.3, 0.4) is 0 Å². The summed E-state index contributed by atoms with van der Waals surface area (Å²) >= 11 is 5.93. The lowest BCUT2D eigenvalue weighted by Crippen LogP contribution is -2.41. The van der Waals surface area contributed by atoms with E-state index in [-0.39, 0.29) is 0 Å². The van der Waals surface area contributed by atoms with Crippen molar-refractivity contribution in [2.24, 2.45) is 0 Å². The average molecular weight is 350 g/mol. The topological polar surface area (TPSA) is 50.5 Å². The molecule has 1 aliphatic rings. The molecule has 1 aromatic carbocycles. The Morgan fingerprint density at radius 3 is 2.75 bits per heavy atom. The number of ether oxygens (including phenoxy) is 1. The minimum atomic E-state index is -0.486. The second kappa shape index (κ2) is 8.01. The van der Waals surface area contributed by atoms with Crippen LogP contribution in [0.2, 0.25) is 5.02 Å². The minimum Gasteiger partial charge on any atom is -0.491 e. The van der Waals surface area contributed by atoms with Gasteiger partial charge >= 0.3 is 0 Å². The van der Waals surface area contributed by atoms with E-state index >= 15 is 0 Å². The number of halogens is 1. The summed E-state index contributed by atoms with van der Waals surface area (Å²) in [5.74, 6) is 0.839. The molecule has 130 valence electrons. The predicted octanol–water partition coefficient (Wildman–Crippen LogP) is 2.92. The van der Waals surface area contributed by atoms with Gasteiger partial charge < -0.3 is 14.7 Å². The highest BCUT2D eigenvalue weighted by molar-refractivity contribution is 6.30. The predicted molar refractivity (Wildman–Crippen MR) is 94.6 cm³/mol. The monoisotopic (exact) mass is 349 g/mol. The van der Waals surface area contributed by atoms with Crippen LogP contribution in [-0.4, -0.2) is 52.1 Å². The lowest BCUT2D eigenvalue weighted by atomic mass is 10.1. The molecule has 5 nitrogen and oxygen atoms in total. The summed E-state index contributed by atoms with van der Waals surface area (Å²) in [5, 5.41) is 15.2. The first-order valence-electron chi connectivity index (χ1n) is 8.40. The molecule has 0 bridgehead atoms. The van der Waals surface area contributed by atoms with Gasteiger partial charge in [-0.1, -0.05) is 29.8 Å². The van der Waals surface area contributed by atoms with Gasteiger partial charge in [0.15, 0.2) is 0 Å². The summed E-state index contributed by atoms with van der Waals surface area (Å²) in [5.41, 5.74) is 1.09. The van der Waals surface area contributed by atoms with Crippen molar-refractivity contribution in [3.8, 4) is 5.75 Å². The zero-order valence-electron chi connectivity index (χ0n) is 13.9. The smallest absolute Gasteiger partial charge is 0.122 e. The van der Waals surface area contributed by atoms with E-state index in [9.17, 15) is 5.11 Å². The molecule has 1 aromatic heterocycles. The lowest BCUT2D eigenvalue weighted by molar-refractivity contribution is 0.0548. The van der Waals surface area contributed by atoms with Gasteiger partial charge in [0, 0.05) is 25.8 Å². The Hall–Kier alpha value is -1.56. The third-order valence-corrected chi connectivity index (χ3v) is 4.69. The molecule has 0 aliphatic carbocycles. The van der Waals surface area contributed by atoms with E-state index in [1.807, 2.05) is 42.1 Å². The van der Waals surface area contributed by atoms with Crippen molar-refractivity contribution in [1.82, 2.24) is 14.7 Å². The zero-order valence-corrected chi connectivity index (χ0v) is 14.7. The van der Waals surface area contributed by atoms with Gasteiger partial charge in [-0.2, -0.15) is 5.10 Å². The number of aliphatic hydroxyl groups excluding tert-OH is 1. The van der Waals surface area contributed by atoms with Crippen LogP contribution in [0, 0.1) is 6.92 Å². The van der Waals surface area contributed by atoms with E-state index in [4.69, 9.17) is 16.3 Å². The van der Waals surface area contributed by atoms with Crippen LogP contribution in [0.5, 0.6) is 5.75 Å². The number of aryl methyl sites for hydroxylation is 1. The van der Waals surface area contributed by atoms with Gasteiger partial charge in [-0.15, -0.1) is 0 Å². The first-order chi connectivity index (χ1) is 11.6. The molecular formula is C18H24ClN3O2. The van der Waals surface area contributed by atoms with Gasteiger partial charge in [0.05, 0.1) is 17.3 Å². The second-order valence-corrected chi connectivity index (χ2v) is 6.84. The van der Waals surface area contributed by atoms with E-state index in [0.29, 0.717) is 24.2 Å². The first-order valence-corrected chi connectivity index (χ1v) is 8.78. The van der Waals surface area contributed by atoms with E-state index in [1.54, 1.807) is 6.20 Å². The Morgan fingerprint density at radius 1 is 1.33 bits per heavy atom. The Morgan fingerprint density at radius 2 is 2.08 bits per heavy atom. The van der Waals surface area contributed by atoms with Gasteiger partial charge in [-0.3, -0.25) is 4.68 Å². The number of rotatable bonds is 6. The van der Waals surface area contributed by atoms with Gasteiger partial charge in [0.25, 0.3) is 0 Å². The SMILES string of the molecule is Cc1ccccc1OCC(O)CN1CCC(n2cc(Cl)cn2)CC1. The second-order valence-electron chi connectivity index (χ2n) is 6.40. The molecule has 2 heterocycles. The van der Waals surface area contributed by atoms with Crippen molar-refractivity contribution in [3.63, 3.8) is 0 Å². The fourth-order valence-electron chi connectivity index (χ4n) is 3.14. The number of para-hydroxylation sites is 1. The number of nitrogens with zero attached hydrogens (tertiary/aromatic N) is 3. The normalized spacial score (nSPS) is 17.8. The Kier molecular flexibility index (Phi) is 5.76. The van der Waals surface area contributed by atoms with Crippen molar-refractivity contribution in [2.75, 3.05) is 26.2 Å². The number of β-amino-alcohol motifs (C(OH)–C–C–N with tert-alkyl or cyclic N) is 1. The number of likely N-dealkylation sites (tertiary alicyclic amines) is 1. The summed E-state index contributed by atoms with van der Waals surface area (Å²) in [6, 6.07) is 8.27. The summed E-state index contributed by atoms with van der Waals surface area (Å²) in [4.78, 5) is 2.29. The van der Waals surface area contributed by atoms with Crippen LogP contribution in [0.15, 0.2) is 36.7 Å². The fourth-order valence-corrected chi connectivity index (χ4v) is 3.28. The van der Waals surface area contributed by atoms with Crippen molar-refractivity contribution in [2.45, 2.75) is 31.9 Å². The molecule has 0 spiro atoms. The van der Waals surface area contributed by atoms with Crippen LogP contribution in [0.4, 0.5) is 0 Å². The number of benzene rings is 1. The highest BCUT2D eigenvalue weighted by Crippen LogP contribution is 2.23. The summed E-state index contributed by atoms with van der Waals surface area (Å²) in [6.45, 7) is 4.86. The molecule has 1 saturated heterocycles. The third kappa shape index (κ3) is 4.50. The van der Waals surface area contributed by atoms with E-state index < -0.39 is 6.10 Å². The molecule has 1 N–H and O–H groups in total. The van der Waals surface area contributed by atoms with E-state index in [2.05, 4.69) is 10.00 Å². The third-order valence-electron chi connectivity index (χ3n) is 4.49. The van der Waals surface area contributed by atoms with Gasteiger partial charge in [0.2, 0.25) is 0 Å². The van der Waals surface area contributed by atoms with Crippen molar-refractivity contribution in [1.29, 1.82) is 0 Å². The molecule has 1 fully saturated rings. The maximum Gasteiger partial charge on any atom is 0.122 e. The Bertz CT molecular complexity index is 653. The number of aliphatic hydroxyl groups is 1. The molecule has 3 rings (SSSR count). The van der Waals surface area contributed by atoms with Crippen LogP contribution >= 0.6 is 11.6 Å². The molecule has 0 radical (unpaired) electrons. The molecule has 1 atom stereocenters. The van der Waals surface area contributed by atoms with Gasteiger partial charge in [-0.05, 0) is 31.4 Å². The van der Waals surface area contributed by atoms with Crippen molar-refractivity contribution >= 4 is 11.6 Å². The maximum atomic E-state index is 10.2. The maximum absolute atomic E-state index is 10.2. The largest absolute Gasteiger partial charge is 0.491 e. The standard InChI is InChI=1S/C18H24ClN3O2/c1-14-4-2-3-5-18(14)24-13-17(23)12-21-8-6-16(7-9-21)22-11-15(19)10-20-22/h2-5,10-11,16-17,23H,6-9,12-13H2,1H3. The fraction of sp³-hybridized carbons (Fsp3) is 0.500. The number of hydrogen-bond acceptors (Lipinski definition) is 4. The molecule has 0 saturated carbocycles. The summed E-state index contributed by atoms with van der Waals surface area (Å²) < 4.78 is 7.68. The molecule has 2 aromatic rings. The van der Waals surface area contributed by atoms with E-state index in [1.165, 1.54) is 0 Å². The molecule has 1 aliphatic heterocycles. The van der Waals surface area contributed by atoms with E-state index in [0.717, 1.165) is 37.2 Å². The lowest BCUT2D eigenvalue weighted by Gasteiger charge is -2.33. The summed E-state index contributed by atoms with van der Waals surface area (Å²) in [6.07, 6.45) is 5.11. The Labute approximate surface area is 147 Å². The highest BCUT2D eigenvalue weighted by atomic mass is 35.5.